The van der Waals surface area contributed by atoms with E-state index in [1.807, 2.05) is 0 Å². The fourth-order valence-electron chi connectivity index (χ4n) is 3.79. The summed E-state index contributed by atoms with van der Waals surface area (Å²) in [6.07, 6.45) is -3.39. The summed E-state index contributed by atoms with van der Waals surface area (Å²) >= 11 is 0. The minimum atomic E-state index is -4.59. The van der Waals surface area contributed by atoms with Gasteiger partial charge in [0.15, 0.2) is 0 Å². The lowest BCUT2D eigenvalue weighted by Crippen LogP contribution is -2.47. The van der Waals surface area contributed by atoms with Gasteiger partial charge in [-0.25, -0.2) is 9.78 Å². The van der Waals surface area contributed by atoms with Gasteiger partial charge in [-0.2, -0.15) is 18.2 Å². The molecule has 0 bridgehead atoms. The summed E-state index contributed by atoms with van der Waals surface area (Å²) in [4.78, 5) is 31.5. The Morgan fingerprint density at radius 3 is 2.60 bits per heavy atom. The Morgan fingerprint density at radius 2 is 2.00 bits per heavy atom. The summed E-state index contributed by atoms with van der Waals surface area (Å²) in [7, 11) is 2.77. The first-order valence-corrected chi connectivity index (χ1v) is 8.88. The summed E-state index contributed by atoms with van der Waals surface area (Å²) < 4.78 is 44.6. The number of urea groups is 1. The van der Waals surface area contributed by atoms with Crippen molar-refractivity contribution in [2.45, 2.75) is 24.6 Å². The summed E-state index contributed by atoms with van der Waals surface area (Å²) in [5, 5.41) is 10.2. The summed E-state index contributed by atoms with van der Waals surface area (Å²) in [5.41, 5.74) is -0.115. The van der Waals surface area contributed by atoms with Crippen LogP contribution < -0.4 is 26.0 Å². The second-order valence-electron chi connectivity index (χ2n) is 6.96. The third-order valence-corrected chi connectivity index (χ3v) is 5.12. The number of halogens is 3. The van der Waals surface area contributed by atoms with Gasteiger partial charge >= 0.3 is 12.2 Å². The largest absolute Gasteiger partial charge is 0.494 e. The van der Waals surface area contributed by atoms with Crippen molar-refractivity contribution in [1.82, 2.24) is 20.6 Å². The normalized spacial score (nSPS) is 20.0. The van der Waals surface area contributed by atoms with E-state index in [9.17, 15) is 22.8 Å². The van der Waals surface area contributed by atoms with Gasteiger partial charge < -0.3 is 20.7 Å². The quantitative estimate of drug-likeness (QED) is 0.557. The van der Waals surface area contributed by atoms with E-state index in [4.69, 9.17) is 4.74 Å². The molecule has 9 nitrogen and oxygen atoms in total. The Hall–Kier alpha value is -3.57. The second kappa shape index (κ2) is 6.75. The molecule has 4 N–H and O–H groups in total. The third-order valence-electron chi connectivity index (χ3n) is 5.12. The molecule has 0 radical (unpaired) electrons. The molecule has 2 aliphatic rings. The molecule has 0 saturated carbocycles. The number of nitrogens with one attached hydrogen (secondary N) is 4. The lowest BCUT2D eigenvalue weighted by molar-refractivity contribution is -0.137. The minimum absolute atomic E-state index is 0.0646. The van der Waals surface area contributed by atoms with Crippen molar-refractivity contribution < 1.29 is 27.5 Å². The summed E-state index contributed by atoms with van der Waals surface area (Å²) in [6.45, 7) is 0. The van der Waals surface area contributed by atoms with Crippen LogP contribution in [0.2, 0.25) is 0 Å². The first-order valence-electron chi connectivity index (χ1n) is 8.88. The number of carbonyl (C=O) groups is 2. The molecule has 1 atom stereocenters. The Kier molecular flexibility index (Phi) is 4.44. The molecule has 1 saturated heterocycles. The molecule has 1 aliphatic heterocycles. The smallest absolute Gasteiger partial charge is 0.421 e. The number of carbonyl (C=O) groups excluding carboxylic acids is 2. The van der Waals surface area contributed by atoms with Gasteiger partial charge in [-0.05, 0) is 11.6 Å². The van der Waals surface area contributed by atoms with Crippen molar-refractivity contribution in [1.29, 1.82) is 0 Å². The number of alkyl halides is 3. The van der Waals surface area contributed by atoms with Gasteiger partial charge in [0.25, 0.3) is 5.91 Å². The number of fused-ring (bicyclic) bond motifs is 1. The maximum atomic E-state index is 13.0. The van der Waals surface area contributed by atoms with E-state index >= 15 is 0 Å². The number of benzene rings is 1. The van der Waals surface area contributed by atoms with Crippen LogP contribution in [0.25, 0.3) is 0 Å². The van der Waals surface area contributed by atoms with E-state index in [1.165, 1.54) is 14.2 Å². The fraction of sp³-hybridized carbons (Fsp3) is 0.333. The molecule has 1 aromatic carbocycles. The van der Waals surface area contributed by atoms with Gasteiger partial charge in [0, 0.05) is 31.6 Å². The monoisotopic (exact) mass is 422 g/mol. The maximum absolute atomic E-state index is 13.0. The first-order chi connectivity index (χ1) is 14.2. The highest BCUT2D eigenvalue weighted by Crippen LogP contribution is 2.42. The molecule has 158 valence electrons. The zero-order valence-electron chi connectivity index (χ0n) is 15.9. The second-order valence-corrected chi connectivity index (χ2v) is 6.96. The number of rotatable bonds is 4. The average molecular weight is 422 g/mol. The molecular weight excluding hydrogens is 405 g/mol. The van der Waals surface area contributed by atoms with Crippen molar-refractivity contribution in [3.63, 3.8) is 0 Å². The standard InChI is InChI=1S/C18H17F3N6O3/c1-22-13-10(18(19,20)21)7-23-15(25-13)24-11-4-3-8-5-17(6-9(8)12(11)30-2)14(28)26-16(29)27-17/h3-4,7H,5-6H2,1-2H3,(H2,22,23,24,25)(H2,26,27,28,29). The number of nitrogens with zero attached hydrogens (tertiary/aromatic N) is 2. The van der Waals surface area contributed by atoms with E-state index in [1.54, 1.807) is 12.1 Å². The van der Waals surface area contributed by atoms with Crippen LogP contribution >= 0.6 is 0 Å². The van der Waals surface area contributed by atoms with E-state index in [0.29, 0.717) is 29.6 Å². The Balaban J connectivity index is 1.67. The van der Waals surface area contributed by atoms with Crippen molar-refractivity contribution >= 4 is 29.4 Å². The van der Waals surface area contributed by atoms with Crippen LogP contribution in [0, 0.1) is 0 Å². The number of amides is 3. The highest BCUT2D eigenvalue weighted by molar-refractivity contribution is 6.08. The van der Waals surface area contributed by atoms with E-state index < -0.39 is 29.2 Å². The number of ether oxygens (including phenoxy) is 1. The molecule has 3 amide bonds. The number of methoxy groups -OCH3 is 1. The number of anilines is 3. The topological polar surface area (TPSA) is 117 Å². The maximum Gasteiger partial charge on any atom is 0.421 e. The van der Waals surface area contributed by atoms with Crippen LogP contribution in [0.5, 0.6) is 5.75 Å². The van der Waals surface area contributed by atoms with Crippen molar-refractivity contribution in [2.75, 3.05) is 24.8 Å². The van der Waals surface area contributed by atoms with E-state index in [2.05, 4.69) is 31.2 Å². The van der Waals surface area contributed by atoms with Crippen LogP contribution in [-0.2, 0) is 23.8 Å². The number of hydrogen-bond acceptors (Lipinski definition) is 7. The first kappa shape index (κ1) is 19.7. The lowest BCUT2D eigenvalue weighted by Gasteiger charge is -2.18. The van der Waals surface area contributed by atoms with Crippen LogP contribution in [0.3, 0.4) is 0 Å². The molecule has 2 heterocycles. The Bertz CT molecular complexity index is 1060. The zero-order valence-corrected chi connectivity index (χ0v) is 15.9. The zero-order chi connectivity index (χ0) is 21.7. The Morgan fingerprint density at radius 1 is 1.23 bits per heavy atom. The van der Waals surface area contributed by atoms with Gasteiger partial charge in [-0.15, -0.1) is 0 Å². The van der Waals surface area contributed by atoms with Crippen LogP contribution in [-0.4, -0.2) is 41.6 Å². The molecule has 4 rings (SSSR count). The van der Waals surface area contributed by atoms with Crippen molar-refractivity contribution in [3.05, 3.63) is 35.0 Å². The predicted molar refractivity (Wildman–Crippen MR) is 99.7 cm³/mol. The SMILES string of the molecule is CNc1nc(Nc2ccc3c(c2OC)CC2(C3)NC(=O)NC2=O)ncc1C(F)(F)F. The summed E-state index contributed by atoms with van der Waals surface area (Å²) in [5.74, 6) is -0.451. The van der Waals surface area contributed by atoms with Gasteiger partial charge in [-0.1, -0.05) is 6.07 Å². The van der Waals surface area contributed by atoms with Crippen molar-refractivity contribution in [3.8, 4) is 5.75 Å². The predicted octanol–water partition coefficient (Wildman–Crippen LogP) is 1.97. The molecule has 1 aliphatic carbocycles. The van der Waals surface area contributed by atoms with Crippen molar-refractivity contribution in [2.24, 2.45) is 0 Å². The van der Waals surface area contributed by atoms with Crippen LogP contribution in [0.1, 0.15) is 16.7 Å². The molecule has 1 spiro atoms. The number of hydrogen-bond donors (Lipinski definition) is 4. The number of aromatic nitrogens is 2. The van der Waals surface area contributed by atoms with Crippen LogP contribution in [0.15, 0.2) is 18.3 Å². The highest BCUT2D eigenvalue weighted by Gasteiger charge is 2.51. The number of imide groups is 1. The van der Waals surface area contributed by atoms with E-state index in [-0.39, 0.29) is 18.2 Å². The van der Waals surface area contributed by atoms with Gasteiger partial charge in [0.1, 0.15) is 22.7 Å². The van der Waals surface area contributed by atoms with Gasteiger partial charge in [0.2, 0.25) is 5.95 Å². The molecule has 1 fully saturated rings. The van der Waals surface area contributed by atoms with Crippen LogP contribution in [0.4, 0.5) is 35.4 Å². The molecule has 30 heavy (non-hydrogen) atoms. The molecule has 12 heteroatoms. The molecule has 1 unspecified atom stereocenters. The van der Waals surface area contributed by atoms with E-state index in [0.717, 1.165) is 5.56 Å². The lowest BCUT2D eigenvalue weighted by atomic mass is 9.96. The Labute approximate surface area is 168 Å². The molecular formula is C18H17F3N6O3. The third kappa shape index (κ3) is 3.13. The minimum Gasteiger partial charge on any atom is -0.494 e. The fourth-order valence-corrected chi connectivity index (χ4v) is 3.79. The highest BCUT2D eigenvalue weighted by atomic mass is 19.4. The summed E-state index contributed by atoms with van der Waals surface area (Å²) in [6, 6.07) is 2.86. The van der Waals surface area contributed by atoms with Gasteiger partial charge in [0.05, 0.1) is 12.8 Å². The average Bonchev–Trinajstić information content (AvgIpc) is 3.18. The molecule has 2 aromatic rings. The molecule has 1 aromatic heterocycles. The van der Waals surface area contributed by atoms with Gasteiger partial charge in [-0.3, -0.25) is 10.1 Å².